The molecule has 0 spiro atoms. The average Bonchev–Trinajstić information content (AvgIpc) is 3.00. The Morgan fingerprint density at radius 1 is 1.19 bits per heavy atom. The van der Waals surface area contributed by atoms with Gasteiger partial charge in [-0.1, -0.05) is 12.1 Å². The molecule has 1 N–H and O–H groups in total. The van der Waals surface area contributed by atoms with Crippen LogP contribution in [0.15, 0.2) is 24.3 Å². The van der Waals surface area contributed by atoms with Crippen molar-refractivity contribution in [3.63, 3.8) is 0 Å². The van der Waals surface area contributed by atoms with Crippen LogP contribution < -0.4 is 10.2 Å². The summed E-state index contributed by atoms with van der Waals surface area (Å²) in [6.07, 6.45) is 0.178. The van der Waals surface area contributed by atoms with Crippen molar-refractivity contribution >= 4 is 45.0 Å². The Hall–Kier alpha value is -2.71. The third kappa shape index (κ3) is 4.36. The second-order valence-corrected chi connectivity index (χ2v) is 9.10. The van der Waals surface area contributed by atoms with Gasteiger partial charge in [-0.05, 0) is 52.3 Å². The molecule has 1 fully saturated rings. The number of nitrogens with one attached hydrogen (secondary N) is 1. The number of nitrogens with zero attached hydrogens (tertiary/aromatic N) is 3. The molecule has 2 unspecified atom stereocenters. The maximum atomic E-state index is 12.7. The smallest absolute Gasteiger partial charge is 0.341 e. The van der Waals surface area contributed by atoms with Gasteiger partial charge in [-0.3, -0.25) is 0 Å². The largest absolute Gasteiger partial charge is 0.462 e. The van der Waals surface area contributed by atoms with E-state index in [0.717, 1.165) is 45.4 Å². The van der Waals surface area contributed by atoms with Crippen LogP contribution in [-0.4, -0.2) is 47.8 Å². The fourth-order valence-electron chi connectivity index (χ4n) is 3.92. The Kier molecular flexibility index (Phi) is 6.11. The lowest BCUT2D eigenvalue weighted by molar-refractivity contribution is -0.00541. The van der Waals surface area contributed by atoms with Gasteiger partial charge in [0.1, 0.15) is 5.00 Å². The van der Waals surface area contributed by atoms with Gasteiger partial charge in [-0.15, -0.1) is 11.3 Å². The molecular formula is C23H28N4O3S. The van der Waals surface area contributed by atoms with E-state index in [1.807, 2.05) is 45.0 Å². The Morgan fingerprint density at radius 3 is 2.48 bits per heavy atom. The van der Waals surface area contributed by atoms with E-state index in [-0.39, 0.29) is 18.2 Å². The lowest BCUT2D eigenvalue weighted by Crippen LogP contribution is -2.46. The fourth-order valence-corrected chi connectivity index (χ4v) is 4.97. The monoisotopic (exact) mass is 440 g/mol. The van der Waals surface area contributed by atoms with E-state index in [2.05, 4.69) is 24.1 Å². The summed E-state index contributed by atoms with van der Waals surface area (Å²) in [5.41, 5.74) is 3.12. The molecule has 164 valence electrons. The Bertz CT molecular complexity index is 1100. The maximum absolute atomic E-state index is 12.7. The highest BCUT2D eigenvalue weighted by atomic mass is 32.1. The van der Waals surface area contributed by atoms with Crippen LogP contribution in [0.25, 0.3) is 11.0 Å². The van der Waals surface area contributed by atoms with Crippen molar-refractivity contribution in [2.24, 2.45) is 0 Å². The van der Waals surface area contributed by atoms with E-state index in [0.29, 0.717) is 18.0 Å². The summed E-state index contributed by atoms with van der Waals surface area (Å²) in [7, 11) is 0. The molecular weight excluding hydrogens is 412 g/mol. The maximum Gasteiger partial charge on any atom is 0.341 e. The molecule has 1 aromatic carbocycles. The van der Waals surface area contributed by atoms with Crippen LogP contribution in [0.2, 0.25) is 0 Å². The van der Waals surface area contributed by atoms with Crippen molar-refractivity contribution in [1.82, 2.24) is 9.97 Å². The fraction of sp³-hybridized carbons (Fsp3) is 0.435. The second kappa shape index (κ2) is 8.80. The van der Waals surface area contributed by atoms with Gasteiger partial charge < -0.3 is 19.7 Å². The highest BCUT2D eigenvalue weighted by molar-refractivity contribution is 7.16. The summed E-state index contributed by atoms with van der Waals surface area (Å²) in [5.74, 6) is 1.07. The zero-order valence-electron chi connectivity index (χ0n) is 18.6. The predicted molar refractivity (Wildman–Crippen MR) is 125 cm³/mol. The van der Waals surface area contributed by atoms with E-state index in [1.165, 1.54) is 11.3 Å². The summed E-state index contributed by atoms with van der Waals surface area (Å²) >= 11 is 1.53. The van der Waals surface area contributed by atoms with Crippen LogP contribution >= 0.6 is 11.3 Å². The van der Waals surface area contributed by atoms with Crippen LogP contribution in [0, 0.1) is 13.8 Å². The zero-order chi connectivity index (χ0) is 22.1. The molecule has 2 aromatic heterocycles. The number of aromatic nitrogens is 2. The zero-order valence-corrected chi connectivity index (χ0v) is 19.4. The van der Waals surface area contributed by atoms with Gasteiger partial charge in [-0.2, -0.15) is 0 Å². The first kappa shape index (κ1) is 21.5. The molecule has 0 aliphatic carbocycles. The highest BCUT2D eigenvalue weighted by Crippen LogP contribution is 2.37. The molecule has 31 heavy (non-hydrogen) atoms. The van der Waals surface area contributed by atoms with Gasteiger partial charge in [0.25, 0.3) is 0 Å². The molecule has 0 radical (unpaired) electrons. The van der Waals surface area contributed by atoms with Crippen LogP contribution in [0.3, 0.4) is 0 Å². The molecule has 1 saturated heterocycles. The van der Waals surface area contributed by atoms with Crippen molar-refractivity contribution in [2.75, 3.05) is 29.9 Å². The van der Waals surface area contributed by atoms with E-state index < -0.39 is 0 Å². The number of hydrogen-bond acceptors (Lipinski definition) is 8. The minimum Gasteiger partial charge on any atom is -0.462 e. The molecule has 0 saturated carbocycles. The summed E-state index contributed by atoms with van der Waals surface area (Å²) in [6.45, 7) is 11.7. The van der Waals surface area contributed by atoms with Gasteiger partial charge in [0.2, 0.25) is 0 Å². The number of anilines is 3. The molecule has 7 nitrogen and oxygen atoms in total. The summed E-state index contributed by atoms with van der Waals surface area (Å²) in [4.78, 5) is 25.7. The van der Waals surface area contributed by atoms with Gasteiger partial charge >= 0.3 is 5.97 Å². The molecule has 1 aliphatic heterocycles. The SMILES string of the molecule is CCOC(=O)c1c(Nc2nc3ccccc3nc2N2CC(C)OC(C)C2)sc(C)c1C. The number of para-hydroxylation sites is 2. The molecule has 0 amide bonds. The van der Waals surface area contributed by atoms with Crippen molar-refractivity contribution in [3.8, 4) is 0 Å². The predicted octanol–water partition coefficient (Wildman–Crippen LogP) is 4.84. The lowest BCUT2D eigenvalue weighted by atomic mass is 10.1. The number of carbonyl (C=O) groups is 1. The number of thiophene rings is 1. The first-order valence-corrected chi connectivity index (χ1v) is 11.4. The standard InChI is InChI=1S/C23H28N4O3S/c1-6-29-23(28)19-15(4)16(5)31-22(19)26-20-21(27-11-13(2)30-14(3)12-27)25-18-10-8-7-9-17(18)24-20/h7-10,13-14H,6,11-12H2,1-5H3,(H,24,26). The van der Waals surface area contributed by atoms with E-state index in [4.69, 9.17) is 19.4 Å². The number of aryl methyl sites for hydroxylation is 1. The van der Waals surface area contributed by atoms with Crippen LogP contribution in [0.5, 0.6) is 0 Å². The van der Waals surface area contributed by atoms with Crippen molar-refractivity contribution < 1.29 is 14.3 Å². The van der Waals surface area contributed by atoms with E-state index in [9.17, 15) is 4.79 Å². The van der Waals surface area contributed by atoms with E-state index >= 15 is 0 Å². The third-order valence-corrected chi connectivity index (χ3v) is 6.49. The van der Waals surface area contributed by atoms with E-state index in [1.54, 1.807) is 0 Å². The number of morpholine rings is 1. The molecule has 1 aliphatic rings. The van der Waals surface area contributed by atoms with Gasteiger partial charge in [0.15, 0.2) is 11.6 Å². The van der Waals surface area contributed by atoms with Crippen molar-refractivity contribution in [1.29, 1.82) is 0 Å². The lowest BCUT2D eigenvalue weighted by Gasteiger charge is -2.36. The molecule has 8 heteroatoms. The minimum absolute atomic E-state index is 0.0891. The quantitative estimate of drug-likeness (QED) is 0.569. The van der Waals surface area contributed by atoms with Crippen LogP contribution in [-0.2, 0) is 9.47 Å². The number of hydrogen-bond donors (Lipinski definition) is 1. The summed E-state index contributed by atoms with van der Waals surface area (Å²) in [5, 5.41) is 4.15. The van der Waals surface area contributed by atoms with Crippen LogP contribution in [0.4, 0.5) is 16.6 Å². The third-order valence-electron chi connectivity index (χ3n) is 5.37. The minimum atomic E-state index is -0.323. The summed E-state index contributed by atoms with van der Waals surface area (Å²) < 4.78 is 11.2. The summed E-state index contributed by atoms with van der Waals surface area (Å²) in [6, 6.07) is 7.82. The first-order valence-electron chi connectivity index (χ1n) is 10.6. The van der Waals surface area contributed by atoms with Crippen molar-refractivity contribution in [2.45, 2.75) is 46.8 Å². The number of benzene rings is 1. The van der Waals surface area contributed by atoms with Gasteiger partial charge in [0.05, 0.1) is 35.4 Å². The average molecular weight is 441 g/mol. The Balaban J connectivity index is 1.80. The number of carbonyl (C=O) groups excluding carboxylic acids is 1. The van der Waals surface area contributed by atoms with Crippen LogP contribution in [0.1, 0.15) is 41.6 Å². The first-order chi connectivity index (χ1) is 14.9. The number of esters is 1. The topological polar surface area (TPSA) is 76.6 Å². The number of fused-ring (bicyclic) bond motifs is 1. The normalized spacial score (nSPS) is 18.9. The van der Waals surface area contributed by atoms with Crippen molar-refractivity contribution in [3.05, 3.63) is 40.3 Å². The highest BCUT2D eigenvalue weighted by Gasteiger charge is 2.28. The molecule has 3 aromatic rings. The second-order valence-electron chi connectivity index (χ2n) is 7.88. The molecule has 2 atom stereocenters. The number of ether oxygens (including phenoxy) is 2. The number of rotatable bonds is 5. The molecule has 4 rings (SSSR count). The Morgan fingerprint density at radius 2 is 1.84 bits per heavy atom. The molecule has 3 heterocycles. The molecule has 0 bridgehead atoms. The Labute approximate surface area is 186 Å². The van der Waals surface area contributed by atoms with Gasteiger partial charge in [0, 0.05) is 18.0 Å². The van der Waals surface area contributed by atoms with Gasteiger partial charge in [-0.25, -0.2) is 14.8 Å².